The number of carbonyl (C=O) groups excluding carboxylic acids is 1. The first-order chi connectivity index (χ1) is 12.3. The summed E-state index contributed by atoms with van der Waals surface area (Å²) in [5.41, 5.74) is -4.86. The first-order valence-electron chi connectivity index (χ1n) is 6.82. The van der Waals surface area contributed by atoms with Crippen molar-refractivity contribution in [3.63, 3.8) is 0 Å². The molecule has 0 aliphatic heterocycles. The van der Waals surface area contributed by atoms with Crippen LogP contribution in [0.15, 0.2) is 41.1 Å². The zero-order valence-corrected chi connectivity index (χ0v) is 17.5. The van der Waals surface area contributed by atoms with Crippen LogP contribution < -0.4 is 29.6 Å². The smallest absolute Gasteiger partial charge is 0.538 e. The van der Waals surface area contributed by atoms with Crippen molar-refractivity contribution in [1.82, 2.24) is 0 Å². The molecule has 0 atom stereocenters. The van der Waals surface area contributed by atoms with Crippen molar-refractivity contribution in [2.75, 3.05) is 0 Å². The van der Waals surface area contributed by atoms with E-state index in [1.54, 1.807) is 11.4 Å². The number of thiophene rings is 1. The molecular formula is C15H8F6NNaO3S2. The quantitative estimate of drug-likeness (QED) is 0.530. The largest absolute Gasteiger partial charge is 1.00 e. The minimum Gasteiger partial charge on any atom is -0.538 e. The van der Waals surface area contributed by atoms with Gasteiger partial charge in [-0.3, -0.25) is 0 Å². The number of nitrogens with zero attached hydrogens (tertiary/aromatic N) is 1. The Bertz CT molecular complexity index is 967. The van der Waals surface area contributed by atoms with Crippen LogP contribution in [0.2, 0.25) is 0 Å². The van der Waals surface area contributed by atoms with Crippen molar-refractivity contribution in [3.8, 4) is 0 Å². The number of sulfonamides is 1. The zero-order chi connectivity index (χ0) is 20.5. The molecule has 0 saturated carbocycles. The normalized spacial score (nSPS) is 12.6. The Balaban J connectivity index is 0.00000392. The van der Waals surface area contributed by atoms with Gasteiger partial charge in [-0.2, -0.15) is 26.3 Å². The molecule has 2 rings (SSSR count). The van der Waals surface area contributed by atoms with E-state index in [9.17, 15) is 39.6 Å². The molecule has 0 unspecified atom stereocenters. The van der Waals surface area contributed by atoms with Crippen LogP contribution in [0.25, 0.3) is 10.8 Å². The summed E-state index contributed by atoms with van der Waals surface area (Å²) in [7, 11) is -4.59. The molecule has 0 aliphatic carbocycles. The van der Waals surface area contributed by atoms with Crippen molar-refractivity contribution in [1.29, 1.82) is 0 Å². The van der Waals surface area contributed by atoms with E-state index in [1.807, 2.05) is 0 Å². The third-order valence-electron chi connectivity index (χ3n) is 3.04. The molecule has 1 aromatic heterocycles. The van der Waals surface area contributed by atoms with Crippen molar-refractivity contribution >= 4 is 33.3 Å². The Hall–Kier alpha value is -1.34. The van der Waals surface area contributed by atoms with Gasteiger partial charge in [0.05, 0.1) is 17.0 Å². The predicted octanol–water partition coefficient (Wildman–Crippen LogP) is 2.30. The molecular weight excluding hydrogens is 443 g/mol. The number of alkyl halides is 6. The Morgan fingerprint density at radius 2 is 1.68 bits per heavy atom. The van der Waals surface area contributed by atoms with Crippen LogP contribution in [-0.4, -0.2) is 14.3 Å². The molecule has 4 nitrogen and oxygen atoms in total. The summed E-state index contributed by atoms with van der Waals surface area (Å²) in [6.45, 7) is 0. The zero-order valence-electron chi connectivity index (χ0n) is 13.9. The van der Waals surface area contributed by atoms with Gasteiger partial charge in [-0.05, 0) is 29.7 Å². The number of hydrogen-bond acceptors (Lipinski definition) is 4. The van der Waals surface area contributed by atoms with Gasteiger partial charge in [0.1, 0.15) is 10.0 Å². The molecule has 28 heavy (non-hydrogen) atoms. The predicted molar refractivity (Wildman–Crippen MR) is 86.4 cm³/mol. The maximum Gasteiger partial charge on any atom is 1.00 e. The Morgan fingerprint density at radius 3 is 2.18 bits per heavy atom. The summed E-state index contributed by atoms with van der Waals surface area (Å²) in [5.74, 6) is -1.83. The number of amides is 1. The molecule has 146 valence electrons. The van der Waals surface area contributed by atoms with Crippen molar-refractivity contribution < 1.29 is 69.1 Å². The second kappa shape index (κ2) is 8.99. The van der Waals surface area contributed by atoms with E-state index < -0.39 is 45.0 Å². The number of carbonyl (C=O) groups is 1. The first-order valence-corrected chi connectivity index (χ1v) is 9.20. The van der Waals surface area contributed by atoms with Crippen LogP contribution in [0.4, 0.5) is 26.3 Å². The van der Waals surface area contributed by atoms with Gasteiger partial charge in [-0.25, -0.2) is 8.42 Å². The second-order valence-corrected chi connectivity index (χ2v) is 7.45. The van der Waals surface area contributed by atoms with E-state index in [0.717, 1.165) is 17.4 Å². The summed E-state index contributed by atoms with van der Waals surface area (Å²) < 4.78 is 103. The van der Waals surface area contributed by atoms with Gasteiger partial charge in [0, 0.05) is 15.8 Å². The van der Waals surface area contributed by atoms with Crippen LogP contribution in [-0.2, 0) is 22.4 Å². The van der Waals surface area contributed by atoms with Gasteiger partial charge in [-0.15, -0.1) is 11.3 Å². The van der Waals surface area contributed by atoms with Gasteiger partial charge in [0.25, 0.3) is 0 Å². The van der Waals surface area contributed by atoms with Crippen LogP contribution in [0.5, 0.6) is 0 Å². The minimum atomic E-state index is -5.32. The summed E-state index contributed by atoms with van der Waals surface area (Å²) in [6, 6.07) is 3.37. The van der Waals surface area contributed by atoms with E-state index >= 15 is 0 Å². The maximum absolute atomic E-state index is 13.0. The van der Waals surface area contributed by atoms with Gasteiger partial charge in [0.2, 0.25) is 0 Å². The van der Waals surface area contributed by atoms with Crippen molar-refractivity contribution in [3.05, 3.63) is 67.4 Å². The Kier molecular flexibility index (Phi) is 7.93. The van der Waals surface area contributed by atoms with Crippen LogP contribution >= 0.6 is 11.3 Å². The van der Waals surface area contributed by atoms with Crippen molar-refractivity contribution in [2.24, 2.45) is 0 Å². The second-order valence-electron chi connectivity index (χ2n) is 4.99. The SMILES string of the molecule is O=C([N-]S(=O)(=O)/C=C/c1cccs1)c1ccc(C(F)(F)F)cc1C(F)(F)F.[Na+]. The van der Waals surface area contributed by atoms with E-state index in [2.05, 4.69) is 4.72 Å². The molecule has 0 radical (unpaired) electrons. The summed E-state index contributed by atoms with van der Waals surface area (Å²) in [6.07, 6.45) is -9.32. The molecule has 13 heteroatoms. The molecule has 0 spiro atoms. The van der Waals surface area contributed by atoms with Gasteiger partial charge in [0.15, 0.2) is 0 Å². The van der Waals surface area contributed by atoms with Gasteiger partial charge >= 0.3 is 41.9 Å². The average molecular weight is 451 g/mol. The van der Waals surface area contributed by atoms with E-state index in [0.29, 0.717) is 10.3 Å². The fraction of sp³-hybridized carbons (Fsp3) is 0.133. The van der Waals surface area contributed by atoms with Gasteiger partial charge in [-0.1, -0.05) is 12.1 Å². The third kappa shape index (κ3) is 6.62. The van der Waals surface area contributed by atoms with Crippen LogP contribution in [0.3, 0.4) is 0 Å². The minimum absolute atomic E-state index is 0. The molecule has 1 amide bonds. The molecule has 2 aromatic rings. The maximum atomic E-state index is 13.0. The van der Waals surface area contributed by atoms with E-state index in [4.69, 9.17) is 0 Å². The molecule has 1 aromatic carbocycles. The topological polar surface area (TPSA) is 65.3 Å². The van der Waals surface area contributed by atoms with Crippen LogP contribution in [0.1, 0.15) is 26.4 Å². The third-order valence-corrected chi connectivity index (χ3v) is 4.78. The average Bonchev–Trinajstić information content (AvgIpc) is 3.04. The molecule has 0 bridgehead atoms. The first kappa shape index (κ1) is 24.7. The summed E-state index contributed by atoms with van der Waals surface area (Å²) >= 11 is 1.16. The Morgan fingerprint density at radius 1 is 1.04 bits per heavy atom. The number of benzene rings is 1. The fourth-order valence-electron chi connectivity index (χ4n) is 1.88. The monoisotopic (exact) mass is 451 g/mol. The molecule has 0 N–H and O–H groups in total. The molecule has 0 aliphatic rings. The molecule has 0 saturated heterocycles. The summed E-state index contributed by atoms with van der Waals surface area (Å²) in [4.78, 5) is 12.4. The summed E-state index contributed by atoms with van der Waals surface area (Å²) in [5, 5.41) is 2.14. The number of rotatable bonds is 4. The Labute approximate surface area is 181 Å². The number of hydrogen-bond donors (Lipinski definition) is 0. The number of halogens is 6. The van der Waals surface area contributed by atoms with E-state index in [-0.39, 0.29) is 47.8 Å². The standard InChI is InChI=1S/C15H9F6NO3S2.Na/c16-14(17,18)9-3-4-11(12(8-9)15(19,20)21)13(23)22-27(24,25)7-5-10-2-1-6-26-10;/h1-8H,(H,22,23);/q;+1/p-1/b7-5+;. The molecule has 0 fully saturated rings. The van der Waals surface area contributed by atoms with Crippen LogP contribution in [0, 0.1) is 0 Å². The van der Waals surface area contributed by atoms with E-state index in [1.165, 1.54) is 6.07 Å². The fourth-order valence-corrected chi connectivity index (χ4v) is 3.29. The van der Waals surface area contributed by atoms with Gasteiger partial charge < -0.3 is 9.52 Å². The molecule has 1 heterocycles. The van der Waals surface area contributed by atoms with Crippen molar-refractivity contribution in [2.45, 2.75) is 12.4 Å².